The van der Waals surface area contributed by atoms with E-state index >= 15 is 0 Å². The lowest BCUT2D eigenvalue weighted by atomic mass is 10.1. The first-order valence-corrected chi connectivity index (χ1v) is 4.90. The van der Waals surface area contributed by atoms with Crippen LogP contribution in [0.15, 0.2) is 29.4 Å². The molecule has 0 aromatic heterocycles. The number of hydrazone groups is 1. The maximum atomic E-state index is 8.80. The van der Waals surface area contributed by atoms with Gasteiger partial charge in [-0.2, -0.15) is 10.4 Å². The number of hydrogen-bond acceptors (Lipinski definition) is 4. The minimum absolute atomic E-state index is 0.317. The van der Waals surface area contributed by atoms with Crippen molar-refractivity contribution >= 4 is 16.9 Å². The Bertz CT molecular complexity index is 381. The number of hydrogen-bond donors (Lipinski definition) is 2. The van der Waals surface area contributed by atoms with Crippen LogP contribution in [0.2, 0.25) is 0 Å². The zero-order chi connectivity index (χ0) is 10.4. The Kier molecular flexibility index (Phi) is 3.83. The molecule has 14 heavy (non-hydrogen) atoms. The zero-order valence-corrected chi connectivity index (χ0v) is 8.29. The van der Waals surface area contributed by atoms with E-state index in [1.165, 1.54) is 11.8 Å². The molecule has 4 nitrogen and oxygen atoms in total. The van der Waals surface area contributed by atoms with Crippen molar-refractivity contribution in [2.45, 2.75) is 5.75 Å². The van der Waals surface area contributed by atoms with Gasteiger partial charge in [0.1, 0.15) is 0 Å². The molecule has 0 unspecified atom stereocenters. The molecule has 0 bridgehead atoms. The van der Waals surface area contributed by atoms with Crippen molar-refractivity contribution in [2.75, 3.05) is 0 Å². The van der Waals surface area contributed by atoms with Crippen molar-refractivity contribution in [3.8, 4) is 6.07 Å². The van der Waals surface area contributed by atoms with E-state index in [0.29, 0.717) is 16.5 Å². The predicted octanol–water partition coefficient (Wildman–Crippen LogP) is 0.980. The summed E-state index contributed by atoms with van der Waals surface area (Å²) < 4.78 is 0. The van der Waals surface area contributed by atoms with E-state index in [9.17, 15) is 0 Å². The molecule has 0 fully saturated rings. The third-order valence-electron chi connectivity index (χ3n) is 1.64. The maximum absolute atomic E-state index is 8.80. The fourth-order valence-electron chi connectivity index (χ4n) is 0.944. The first-order chi connectivity index (χ1) is 6.77. The molecule has 0 heterocycles. The summed E-state index contributed by atoms with van der Waals surface area (Å²) in [4.78, 5) is 0. The molecule has 0 radical (unpaired) electrons. The number of amidine groups is 1. The topological polar surface area (TPSA) is 88.2 Å². The summed E-state index contributed by atoms with van der Waals surface area (Å²) >= 11 is 1.31. The van der Waals surface area contributed by atoms with Gasteiger partial charge in [-0.1, -0.05) is 30.0 Å². The molecular weight excluding hydrogens is 196 g/mol. The first-order valence-electron chi connectivity index (χ1n) is 3.92. The lowest BCUT2D eigenvalue weighted by Gasteiger charge is -2.01. The quantitative estimate of drug-likeness (QED) is 0.327. The summed E-state index contributed by atoms with van der Waals surface area (Å²) in [6.07, 6.45) is 0. The number of nitrogens with two attached hydrogens (primary N) is 2. The van der Waals surface area contributed by atoms with Gasteiger partial charge < -0.3 is 11.6 Å². The van der Waals surface area contributed by atoms with Crippen LogP contribution >= 0.6 is 11.8 Å². The van der Waals surface area contributed by atoms with Crippen LogP contribution in [0.3, 0.4) is 0 Å². The average Bonchev–Trinajstić information content (AvgIpc) is 2.26. The molecule has 0 atom stereocenters. The fraction of sp³-hybridized carbons (Fsp3) is 0.111. The van der Waals surface area contributed by atoms with Crippen molar-refractivity contribution in [3.63, 3.8) is 0 Å². The lowest BCUT2D eigenvalue weighted by Crippen LogP contribution is -2.09. The molecule has 4 N–H and O–H groups in total. The summed E-state index contributed by atoms with van der Waals surface area (Å²) in [5.41, 5.74) is 7.01. The Morgan fingerprint density at radius 3 is 2.86 bits per heavy atom. The molecule has 5 heteroatoms. The summed E-state index contributed by atoms with van der Waals surface area (Å²) in [6, 6.07) is 9.47. The molecule has 1 aromatic rings. The lowest BCUT2D eigenvalue weighted by molar-refractivity contribution is 1.25. The molecule has 0 saturated carbocycles. The van der Waals surface area contributed by atoms with E-state index in [2.05, 4.69) is 11.2 Å². The Labute approximate surface area is 86.6 Å². The van der Waals surface area contributed by atoms with Crippen LogP contribution in [0.5, 0.6) is 0 Å². The molecule has 72 valence electrons. The normalized spacial score (nSPS) is 10.9. The maximum Gasteiger partial charge on any atom is 0.177 e. The molecule has 0 aliphatic heterocycles. The minimum Gasteiger partial charge on any atom is -0.377 e. The van der Waals surface area contributed by atoms with Gasteiger partial charge in [-0.05, 0) is 11.6 Å². The van der Waals surface area contributed by atoms with Crippen molar-refractivity contribution < 1.29 is 0 Å². The van der Waals surface area contributed by atoms with E-state index in [1.54, 1.807) is 6.07 Å². The van der Waals surface area contributed by atoms with Crippen molar-refractivity contribution in [3.05, 3.63) is 35.4 Å². The van der Waals surface area contributed by atoms with Crippen molar-refractivity contribution in [1.29, 1.82) is 5.26 Å². The third-order valence-corrected chi connectivity index (χ3v) is 2.50. The van der Waals surface area contributed by atoms with Crippen molar-refractivity contribution in [2.24, 2.45) is 16.7 Å². The Hall–Kier alpha value is -1.67. The van der Waals surface area contributed by atoms with Gasteiger partial charge in [0.2, 0.25) is 0 Å². The Morgan fingerprint density at radius 2 is 2.21 bits per heavy atom. The average molecular weight is 206 g/mol. The zero-order valence-electron chi connectivity index (χ0n) is 7.47. The summed E-state index contributed by atoms with van der Waals surface area (Å²) in [7, 11) is 0. The third kappa shape index (κ3) is 2.68. The molecule has 0 saturated heterocycles. The molecule has 0 aliphatic rings. The second-order valence-electron chi connectivity index (χ2n) is 2.52. The minimum atomic E-state index is 0.317. The summed E-state index contributed by atoms with van der Waals surface area (Å²) in [5, 5.41) is 12.4. The highest BCUT2D eigenvalue weighted by atomic mass is 32.2. The van der Waals surface area contributed by atoms with E-state index < -0.39 is 0 Å². The van der Waals surface area contributed by atoms with E-state index in [4.69, 9.17) is 16.8 Å². The van der Waals surface area contributed by atoms with Gasteiger partial charge in [-0.3, -0.25) is 0 Å². The number of thioether (sulfide) groups is 1. The van der Waals surface area contributed by atoms with E-state index in [1.807, 2.05) is 18.2 Å². The first kappa shape index (κ1) is 10.4. The van der Waals surface area contributed by atoms with Gasteiger partial charge >= 0.3 is 0 Å². The number of nitrogens with zero attached hydrogens (tertiary/aromatic N) is 2. The van der Waals surface area contributed by atoms with Crippen LogP contribution in [0.25, 0.3) is 0 Å². The van der Waals surface area contributed by atoms with Gasteiger partial charge in [-0.25, -0.2) is 0 Å². The number of nitriles is 1. The van der Waals surface area contributed by atoms with E-state index in [0.717, 1.165) is 5.56 Å². The van der Waals surface area contributed by atoms with Crippen LogP contribution in [-0.2, 0) is 5.75 Å². The molecule has 0 amide bonds. The number of benzene rings is 1. The van der Waals surface area contributed by atoms with Crippen LogP contribution in [-0.4, -0.2) is 5.17 Å². The standard InChI is InChI=1S/C9H10N4S/c10-5-7-3-1-2-4-8(7)6-14-9(11)13-12/h1-4H,6,12H2,(H2,11,13). The van der Waals surface area contributed by atoms with Crippen LogP contribution in [0, 0.1) is 11.3 Å². The summed E-state index contributed by atoms with van der Waals surface area (Å²) in [5.74, 6) is 5.59. The van der Waals surface area contributed by atoms with Crippen LogP contribution in [0.1, 0.15) is 11.1 Å². The monoisotopic (exact) mass is 206 g/mol. The Morgan fingerprint density at radius 1 is 1.50 bits per heavy atom. The van der Waals surface area contributed by atoms with Gasteiger partial charge in [0, 0.05) is 5.75 Å². The van der Waals surface area contributed by atoms with Crippen LogP contribution in [0.4, 0.5) is 0 Å². The highest BCUT2D eigenvalue weighted by molar-refractivity contribution is 8.13. The van der Waals surface area contributed by atoms with Gasteiger partial charge in [-0.15, -0.1) is 0 Å². The van der Waals surface area contributed by atoms with Gasteiger partial charge in [0.25, 0.3) is 0 Å². The second kappa shape index (κ2) is 5.14. The molecule has 0 aliphatic carbocycles. The Balaban J connectivity index is 2.73. The van der Waals surface area contributed by atoms with Gasteiger partial charge in [0.15, 0.2) is 5.17 Å². The molecule has 1 aromatic carbocycles. The molecule has 0 spiro atoms. The smallest absolute Gasteiger partial charge is 0.177 e. The highest BCUT2D eigenvalue weighted by Gasteiger charge is 2.01. The second-order valence-corrected chi connectivity index (χ2v) is 3.52. The largest absolute Gasteiger partial charge is 0.377 e. The number of rotatable bonds is 2. The van der Waals surface area contributed by atoms with Crippen molar-refractivity contribution in [1.82, 2.24) is 0 Å². The van der Waals surface area contributed by atoms with Gasteiger partial charge in [0.05, 0.1) is 11.6 Å². The highest BCUT2D eigenvalue weighted by Crippen LogP contribution is 2.15. The van der Waals surface area contributed by atoms with E-state index in [-0.39, 0.29) is 0 Å². The molecule has 1 rings (SSSR count). The fourth-order valence-corrected chi connectivity index (χ4v) is 1.57. The molecular formula is C9H10N4S. The SMILES string of the molecule is N#Cc1ccccc1CSC(N)=NN. The predicted molar refractivity (Wildman–Crippen MR) is 58.3 cm³/mol. The van der Waals surface area contributed by atoms with Crippen LogP contribution < -0.4 is 11.6 Å². The summed E-state index contributed by atoms with van der Waals surface area (Å²) in [6.45, 7) is 0.